The maximum Gasteiger partial charge on any atom is 0.336 e. The Morgan fingerprint density at radius 1 is 0.729 bits per heavy atom. The summed E-state index contributed by atoms with van der Waals surface area (Å²) >= 11 is 0. The lowest BCUT2D eigenvalue weighted by Gasteiger charge is -2.38. The Kier molecular flexibility index (Phi) is 9.93. The molecule has 6 atom stereocenters. The van der Waals surface area contributed by atoms with Crippen molar-refractivity contribution in [1.29, 1.82) is 0 Å². The van der Waals surface area contributed by atoms with Gasteiger partial charge < -0.3 is 29.4 Å². The second-order valence-electron chi connectivity index (χ2n) is 12.5. The Labute approximate surface area is 282 Å². The van der Waals surface area contributed by atoms with E-state index in [0.29, 0.717) is 23.5 Å². The molecule has 2 aromatic carbocycles. The highest BCUT2D eigenvalue weighted by molar-refractivity contribution is 5.96. The van der Waals surface area contributed by atoms with Crippen LogP contribution in [-0.2, 0) is 23.9 Å². The van der Waals surface area contributed by atoms with E-state index in [1.807, 2.05) is 91.6 Å². The number of nitrogens with zero attached hydrogens (tertiary/aromatic N) is 4. The van der Waals surface area contributed by atoms with E-state index in [1.54, 1.807) is 45.2 Å². The number of fused-ring (bicyclic) bond motifs is 2. The molecule has 10 nitrogen and oxygen atoms in total. The topological polar surface area (TPSA) is 111 Å². The number of aliphatic carboxylic acids is 1. The van der Waals surface area contributed by atoms with Gasteiger partial charge in [-0.3, -0.25) is 9.59 Å². The van der Waals surface area contributed by atoms with Gasteiger partial charge in [-0.25, -0.2) is 9.59 Å². The number of hydrogen-bond acceptors (Lipinski definition) is 7. The first-order valence-corrected chi connectivity index (χ1v) is 16.3. The van der Waals surface area contributed by atoms with Crippen LogP contribution in [-0.4, -0.2) is 81.2 Å². The lowest BCUT2D eigenvalue weighted by atomic mass is 9.90. The zero-order valence-electron chi connectivity index (χ0n) is 28.5. The lowest BCUT2D eigenvalue weighted by Crippen LogP contribution is -2.48. The van der Waals surface area contributed by atoms with Crippen molar-refractivity contribution in [3.63, 3.8) is 0 Å². The summed E-state index contributed by atoms with van der Waals surface area (Å²) in [6.45, 7) is 9.88. The van der Waals surface area contributed by atoms with E-state index < -0.39 is 24.0 Å². The maximum atomic E-state index is 12.9. The van der Waals surface area contributed by atoms with Gasteiger partial charge in [0, 0.05) is 49.7 Å². The fourth-order valence-corrected chi connectivity index (χ4v) is 7.43. The van der Waals surface area contributed by atoms with Gasteiger partial charge in [0.15, 0.2) is 0 Å². The van der Waals surface area contributed by atoms with Gasteiger partial charge in [0.2, 0.25) is 11.8 Å². The van der Waals surface area contributed by atoms with E-state index in [0.717, 1.165) is 16.8 Å². The fourth-order valence-electron chi connectivity index (χ4n) is 7.43. The number of likely N-dealkylation sites (N-methyl/N-ethyl adjacent to an activating group) is 2. The minimum atomic E-state index is -0.956. The van der Waals surface area contributed by atoms with Crippen LogP contribution < -0.4 is 0 Å². The quantitative estimate of drug-likeness (QED) is 0.404. The first kappa shape index (κ1) is 34.2. The Hall–Kier alpha value is -5.12. The van der Waals surface area contributed by atoms with Crippen LogP contribution in [0.3, 0.4) is 0 Å². The number of carbonyl (C=O) groups excluding carboxylic acids is 3. The van der Waals surface area contributed by atoms with Crippen LogP contribution in [0.25, 0.3) is 0 Å². The molecule has 0 saturated carbocycles. The smallest absolute Gasteiger partial charge is 0.336 e. The van der Waals surface area contributed by atoms with Gasteiger partial charge in [-0.05, 0) is 45.7 Å². The van der Waals surface area contributed by atoms with Crippen LogP contribution in [0.4, 0.5) is 0 Å². The number of carbonyl (C=O) groups is 4. The summed E-state index contributed by atoms with van der Waals surface area (Å²) in [5, 5.41) is 9.60. The molecule has 6 rings (SSSR count). The number of benzene rings is 2. The summed E-state index contributed by atoms with van der Waals surface area (Å²) in [6.07, 6.45) is 7.15. The predicted octanol–water partition coefficient (Wildman–Crippen LogP) is 5.26. The van der Waals surface area contributed by atoms with Gasteiger partial charge in [-0.1, -0.05) is 72.8 Å². The number of ether oxygens (including phenoxy) is 1. The van der Waals surface area contributed by atoms with Crippen LogP contribution >= 0.6 is 0 Å². The van der Waals surface area contributed by atoms with E-state index in [1.165, 1.54) is 4.90 Å². The number of esters is 1. The van der Waals surface area contributed by atoms with Crippen molar-refractivity contribution >= 4 is 23.8 Å². The number of rotatable bonds is 7. The molecule has 252 valence electrons. The summed E-state index contributed by atoms with van der Waals surface area (Å²) < 4.78 is 5.26. The zero-order chi connectivity index (χ0) is 34.9. The summed E-state index contributed by atoms with van der Waals surface area (Å²) in [5.41, 5.74) is 4.55. The van der Waals surface area contributed by atoms with Crippen LogP contribution in [0.2, 0.25) is 0 Å². The van der Waals surface area contributed by atoms with E-state index in [4.69, 9.17) is 4.74 Å². The molecule has 2 aromatic rings. The molecular weight excluding hydrogens is 608 g/mol. The highest BCUT2D eigenvalue weighted by atomic mass is 16.5. The van der Waals surface area contributed by atoms with Gasteiger partial charge in [-0.15, -0.1) is 0 Å². The van der Waals surface area contributed by atoms with E-state index in [9.17, 15) is 24.3 Å². The molecule has 48 heavy (non-hydrogen) atoms. The minimum absolute atomic E-state index is 0.00562. The largest absolute Gasteiger partial charge is 0.478 e. The molecule has 0 spiro atoms. The third kappa shape index (κ3) is 6.03. The number of hydrogen-bond donors (Lipinski definition) is 1. The Morgan fingerprint density at radius 3 is 1.52 bits per heavy atom. The SMILES string of the molecule is CC1=C(C(=O)O)C2C=CN(C)C(=O)C2N1C(C)c1ccccc1.CCOC(=O)C1=C(C)N(C(C)c2ccccc2)C2C(=O)N(C)C=CC12. The molecule has 0 aromatic heterocycles. The maximum absolute atomic E-state index is 12.9. The molecule has 0 aliphatic carbocycles. The van der Waals surface area contributed by atoms with Crippen LogP contribution in [0.1, 0.15) is 57.8 Å². The molecule has 10 heteroatoms. The van der Waals surface area contributed by atoms with Crippen molar-refractivity contribution in [1.82, 2.24) is 19.6 Å². The Balaban J connectivity index is 0.000000188. The van der Waals surface area contributed by atoms with Crippen molar-refractivity contribution in [3.05, 3.63) is 119 Å². The van der Waals surface area contributed by atoms with E-state index in [2.05, 4.69) is 11.8 Å². The second kappa shape index (κ2) is 13.9. The van der Waals surface area contributed by atoms with E-state index >= 15 is 0 Å². The molecule has 4 aliphatic rings. The number of carboxylic acid groups (broad SMARTS) is 1. The molecule has 0 saturated heterocycles. The van der Waals surface area contributed by atoms with Crippen LogP contribution in [0.5, 0.6) is 0 Å². The fraction of sp³-hybridized carbons (Fsp3) is 0.368. The lowest BCUT2D eigenvalue weighted by molar-refractivity contribution is -0.139. The molecule has 0 bridgehead atoms. The van der Waals surface area contributed by atoms with Gasteiger partial charge in [-0.2, -0.15) is 0 Å². The third-order valence-electron chi connectivity index (χ3n) is 9.86. The minimum Gasteiger partial charge on any atom is -0.478 e. The van der Waals surface area contributed by atoms with E-state index in [-0.39, 0.29) is 35.8 Å². The number of allylic oxidation sites excluding steroid dienone is 2. The monoisotopic (exact) mass is 652 g/mol. The van der Waals surface area contributed by atoms with Crippen LogP contribution in [0, 0.1) is 11.8 Å². The first-order valence-electron chi connectivity index (χ1n) is 16.3. The normalized spacial score (nSPS) is 24.3. The highest BCUT2D eigenvalue weighted by Gasteiger charge is 2.50. The molecule has 4 aliphatic heterocycles. The molecule has 1 N–H and O–H groups in total. The summed E-state index contributed by atoms with van der Waals surface area (Å²) in [6, 6.07) is 18.9. The zero-order valence-corrected chi connectivity index (χ0v) is 28.5. The standard InChI is InChI=1S/C20H24N2O3.C18H20N2O3/c1-5-25-20(24)17-14(3)22(13(2)15-9-7-6-8-10-15)18-16(17)11-12-21(4)19(18)23;1-11(13-7-5-4-6-8-13)20-12(2)15(18(22)23)14-9-10-19(3)17(21)16(14)20/h6-13,16,18H,5H2,1-4H3;4-11,14,16H,1-3H3,(H,22,23). The average Bonchev–Trinajstić information content (AvgIpc) is 3.56. The van der Waals surface area contributed by atoms with Crippen molar-refractivity contribution in [2.75, 3.05) is 20.7 Å². The van der Waals surface area contributed by atoms with Crippen molar-refractivity contribution in [2.24, 2.45) is 11.8 Å². The van der Waals surface area contributed by atoms with Crippen molar-refractivity contribution < 1.29 is 29.0 Å². The summed E-state index contributed by atoms with van der Waals surface area (Å²) in [5.74, 6) is -2.04. The average molecular weight is 653 g/mol. The molecule has 4 heterocycles. The molecule has 2 amide bonds. The molecule has 0 radical (unpaired) electrons. The number of carboxylic acids is 1. The Bertz CT molecular complexity index is 1700. The van der Waals surface area contributed by atoms with Crippen LogP contribution in [0.15, 0.2) is 108 Å². The van der Waals surface area contributed by atoms with Crippen molar-refractivity contribution in [2.45, 2.75) is 58.8 Å². The first-order chi connectivity index (χ1) is 22.9. The van der Waals surface area contributed by atoms with Crippen molar-refractivity contribution in [3.8, 4) is 0 Å². The predicted molar refractivity (Wildman–Crippen MR) is 181 cm³/mol. The van der Waals surface area contributed by atoms with Gasteiger partial charge in [0.05, 0.1) is 29.8 Å². The number of amides is 2. The Morgan fingerprint density at radius 2 is 1.12 bits per heavy atom. The molecule has 0 fully saturated rings. The van der Waals surface area contributed by atoms with Gasteiger partial charge in [0.1, 0.15) is 12.1 Å². The van der Waals surface area contributed by atoms with Gasteiger partial charge in [0.25, 0.3) is 0 Å². The molecular formula is C38H44N4O6. The highest BCUT2D eigenvalue weighted by Crippen LogP contribution is 2.44. The second-order valence-corrected chi connectivity index (χ2v) is 12.5. The molecule has 6 unspecified atom stereocenters. The summed E-state index contributed by atoms with van der Waals surface area (Å²) in [4.78, 5) is 56.9. The summed E-state index contributed by atoms with van der Waals surface area (Å²) in [7, 11) is 3.45. The third-order valence-corrected chi connectivity index (χ3v) is 9.86. The van der Waals surface area contributed by atoms with Gasteiger partial charge >= 0.3 is 11.9 Å².